The van der Waals surface area contributed by atoms with Gasteiger partial charge >= 0.3 is 5.69 Å². The molecule has 1 saturated carbocycles. The molecule has 1 aliphatic rings. The smallest absolute Gasteiger partial charge is 0.333 e. The summed E-state index contributed by atoms with van der Waals surface area (Å²) in [7, 11) is 1.77. The molecule has 0 aromatic carbocycles. The van der Waals surface area contributed by atoms with Crippen LogP contribution in [0.4, 0.5) is 11.5 Å². The van der Waals surface area contributed by atoms with E-state index in [0.717, 1.165) is 25.8 Å². The van der Waals surface area contributed by atoms with Crippen molar-refractivity contribution in [1.29, 1.82) is 0 Å². The molecule has 112 valence electrons. The molecule has 7 heteroatoms. The van der Waals surface area contributed by atoms with Gasteiger partial charge in [0.15, 0.2) is 0 Å². The number of anilines is 1. The maximum atomic E-state index is 11.3. The van der Waals surface area contributed by atoms with E-state index in [1.165, 1.54) is 0 Å². The summed E-state index contributed by atoms with van der Waals surface area (Å²) in [6, 6.07) is 0.276. The fraction of sp³-hybridized carbons (Fsp3) is 0.769. The predicted octanol–water partition coefficient (Wildman–Crippen LogP) is 1.59. The first-order valence-corrected chi connectivity index (χ1v) is 7.15. The fourth-order valence-electron chi connectivity index (χ4n) is 3.41. The first kappa shape index (κ1) is 14.8. The van der Waals surface area contributed by atoms with Crippen LogP contribution in [0.5, 0.6) is 0 Å². The molecular formula is C13H23N5O2. The molecule has 1 aliphatic carbocycles. The van der Waals surface area contributed by atoms with Crippen molar-refractivity contribution in [3.05, 3.63) is 15.8 Å². The quantitative estimate of drug-likeness (QED) is 0.654. The Morgan fingerprint density at radius 1 is 1.55 bits per heavy atom. The lowest BCUT2D eigenvalue weighted by atomic mass is 10.0. The van der Waals surface area contributed by atoms with Crippen molar-refractivity contribution in [2.24, 2.45) is 18.7 Å². The first-order chi connectivity index (χ1) is 9.51. The number of aromatic nitrogens is 2. The van der Waals surface area contributed by atoms with Gasteiger partial charge in [-0.05, 0) is 39.2 Å². The standard InChI is InChI=1S/C13H23N5O2/c1-4-17(11-7-5-6-10(11)8-14)13-12(18(19)20)9(2)15-16(13)3/h10-11H,4-8,14H2,1-3H3. The number of rotatable bonds is 5. The summed E-state index contributed by atoms with van der Waals surface area (Å²) in [4.78, 5) is 13.1. The summed E-state index contributed by atoms with van der Waals surface area (Å²) >= 11 is 0. The van der Waals surface area contributed by atoms with Gasteiger partial charge in [-0.25, -0.2) is 4.68 Å². The van der Waals surface area contributed by atoms with Crippen molar-refractivity contribution in [3.63, 3.8) is 0 Å². The normalized spacial score (nSPS) is 22.2. The van der Waals surface area contributed by atoms with Crippen molar-refractivity contribution in [2.45, 2.75) is 39.2 Å². The van der Waals surface area contributed by atoms with E-state index in [-0.39, 0.29) is 16.7 Å². The monoisotopic (exact) mass is 281 g/mol. The molecule has 1 heterocycles. The van der Waals surface area contributed by atoms with E-state index >= 15 is 0 Å². The summed E-state index contributed by atoms with van der Waals surface area (Å²) in [5, 5.41) is 15.6. The molecule has 7 nitrogen and oxygen atoms in total. The minimum absolute atomic E-state index is 0.122. The zero-order chi connectivity index (χ0) is 14.9. The number of nitrogens with zero attached hydrogens (tertiary/aromatic N) is 4. The summed E-state index contributed by atoms with van der Waals surface area (Å²) in [5.74, 6) is 1.02. The lowest BCUT2D eigenvalue weighted by Gasteiger charge is -2.32. The minimum Gasteiger partial charge on any atom is -0.348 e. The van der Waals surface area contributed by atoms with Gasteiger partial charge in [0.1, 0.15) is 5.69 Å². The Labute approximate surface area is 118 Å². The average molecular weight is 281 g/mol. The van der Waals surface area contributed by atoms with Crippen LogP contribution in [-0.4, -0.2) is 33.8 Å². The molecule has 0 amide bonds. The topological polar surface area (TPSA) is 90.2 Å². The molecular weight excluding hydrogens is 258 g/mol. The van der Waals surface area contributed by atoms with Crippen molar-refractivity contribution >= 4 is 11.5 Å². The second kappa shape index (κ2) is 5.78. The third-order valence-electron chi connectivity index (χ3n) is 4.28. The fourth-order valence-corrected chi connectivity index (χ4v) is 3.41. The highest BCUT2D eigenvalue weighted by molar-refractivity contribution is 5.62. The van der Waals surface area contributed by atoms with Gasteiger partial charge in [-0.3, -0.25) is 10.1 Å². The largest absolute Gasteiger partial charge is 0.348 e. The summed E-state index contributed by atoms with van der Waals surface area (Å²) in [6.45, 7) is 5.06. The van der Waals surface area contributed by atoms with Gasteiger partial charge in [-0.15, -0.1) is 0 Å². The van der Waals surface area contributed by atoms with Crippen molar-refractivity contribution < 1.29 is 4.92 Å². The molecule has 1 aromatic rings. The van der Waals surface area contributed by atoms with Crippen LogP contribution in [0.2, 0.25) is 0 Å². The van der Waals surface area contributed by atoms with Gasteiger partial charge in [0.2, 0.25) is 5.82 Å². The Morgan fingerprint density at radius 3 is 2.80 bits per heavy atom. The molecule has 0 radical (unpaired) electrons. The predicted molar refractivity (Wildman–Crippen MR) is 77.8 cm³/mol. The Bertz CT molecular complexity index is 499. The average Bonchev–Trinajstić information content (AvgIpc) is 2.96. The Morgan fingerprint density at radius 2 is 2.25 bits per heavy atom. The van der Waals surface area contributed by atoms with E-state index in [0.29, 0.717) is 24.0 Å². The highest BCUT2D eigenvalue weighted by Crippen LogP contribution is 2.37. The molecule has 2 atom stereocenters. The van der Waals surface area contributed by atoms with Crippen molar-refractivity contribution in [1.82, 2.24) is 9.78 Å². The van der Waals surface area contributed by atoms with Crippen LogP contribution in [-0.2, 0) is 7.05 Å². The lowest BCUT2D eigenvalue weighted by molar-refractivity contribution is -0.384. The summed E-state index contributed by atoms with van der Waals surface area (Å²) < 4.78 is 1.63. The molecule has 2 rings (SSSR count). The number of nitro groups is 1. The van der Waals surface area contributed by atoms with Crippen LogP contribution < -0.4 is 10.6 Å². The van der Waals surface area contributed by atoms with Crippen LogP contribution >= 0.6 is 0 Å². The van der Waals surface area contributed by atoms with Crippen LogP contribution in [0.1, 0.15) is 31.9 Å². The third kappa shape index (κ3) is 2.37. The van der Waals surface area contributed by atoms with Gasteiger partial charge in [-0.2, -0.15) is 5.10 Å². The molecule has 1 fully saturated rings. The Kier molecular flexibility index (Phi) is 4.27. The van der Waals surface area contributed by atoms with Gasteiger partial charge in [0, 0.05) is 19.6 Å². The Hall–Kier alpha value is -1.63. The molecule has 0 aliphatic heterocycles. The zero-order valence-corrected chi connectivity index (χ0v) is 12.4. The molecule has 20 heavy (non-hydrogen) atoms. The zero-order valence-electron chi connectivity index (χ0n) is 12.4. The minimum atomic E-state index is -0.327. The maximum absolute atomic E-state index is 11.3. The lowest BCUT2D eigenvalue weighted by Crippen LogP contribution is -2.41. The highest BCUT2D eigenvalue weighted by atomic mass is 16.6. The van der Waals surface area contributed by atoms with E-state index in [1.54, 1.807) is 18.7 Å². The molecule has 2 unspecified atom stereocenters. The van der Waals surface area contributed by atoms with Crippen LogP contribution in [0.25, 0.3) is 0 Å². The van der Waals surface area contributed by atoms with E-state index in [2.05, 4.69) is 10.00 Å². The first-order valence-electron chi connectivity index (χ1n) is 7.15. The number of hydrogen-bond acceptors (Lipinski definition) is 5. The third-order valence-corrected chi connectivity index (χ3v) is 4.28. The number of hydrogen-bond donors (Lipinski definition) is 1. The highest BCUT2D eigenvalue weighted by Gasteiger charge is 2.36. The Balaban J connectivity index is 2.44. The molecule has 2 N–H and O–H groups in total. The second-order valence-corrected chi connectivity index (χ2v) is 5.42. The van der Waals surface area contributed by atoms with Crippen molar-refractivity contribution in [2.75, 3.05) is 18.0 Å². The van der Waals surface area contributed by atoms with E-state index in [9.17, 15) is 10.1 Å². The van der Waals surface area contributed by atoms with Gasteiger partial charge in [0.05, 0.1) is 4.92 Å². The second-order valence-electron chi connectivity index (χ2n) is 5.42. The summed E-state index contributed by atoms with van der Waals surface area (Å²) in [6.07, 6.45) is 3.27. The molecule has 0 saturated heterocycles. The van der Waals surface area contributed by atoms with E-state index in [4.69, 9.17) is 5.73 Å². The van der Waals surface area contributed by atoms with E-state index in [1.807, 2.05) is 6.92 Å². The summed E-state index contributed by atoms with van der Waals surface area (Å²) in [5.41, 5.74) is 6.44. The van der Waals surface area contributed by atoms with E-state index < -0.39 is 0 Å². The van der Waals surface area contributed by atoms with Crippen molar-refractivity contribution in [3.8, 4) is 0 Å². The van der Waals surface area contributed by atoms with Crippen LogP contribution in [0.15, 0.2) is 0 Å². The number of aryl methyl sites for hydroxylation is 2. The van der Waals surface area contributed by atoms with Gasteiger partial charge in [0.25, 0.3) is 0 Å². The van der Waals surface area contributed by atoms with Gasteiger partial charge < -0.3 is 10.6 Å². The van der Waals surface area contributed by atoms with Gasteiger partial charge in [-0.1, -0.05) is 6.42 Å². The SMILES string of the molecule is CCN(c1c([N+](=O)[O-])c(C)nn1C)C1CCCC1CN. The number of nitrogens with two attached hydrogens (primary N) is 1. The molecule has 1 aromatic heterocycles. The van der Waals surface area contributed by atoms with Crippen LogP contribution in [0.3, 0.4) is 0 Å². The maximum Gasteiger partial charge on any atom is 0.333 e. The molecule has 0 bridgehead atoms. The van der Waals surface area contributed by atoms with Crippen LogP contribution in [0, 0.1) is 23.0 Å². The molecule has 0 spiro atoms.